The van der Waals surface area contributed by atoms with Gasteiger partial charge in [0.1, 0.15) is 5.65 Å². The molecule has 0 radical (unpaired) electrons. The van der Waals surface area contributed by atoms with Crippen LogP contribution in [0.15, 0.2) is 42.7 Å². The second-order valence-corrected chi connectivity index (χ2v) is 7.05. The SMILES string of the molecule is CN(C)C(=O)Cc1nc(-c2ccncc2)nc2c1c1ccc(Cl)cc1n2C. The molecular weight excluding hydrogens is 362 g/mol. The van der Waals surface area contributed by atoms with Crippen molar-refractivity contribution < 1.29 is 4.79 Å². The smallest absolute Gasteiger partial charge is 0.228 e. The average Bonchev–Trinajstić information content (AvgIpc) is 2.94. The number of fused-ring (bicyclic) bond motifs is 3. The lowest BCUT2D eigenvalue weighted by atomic mass is 10.1. The Labute approximate surface area is 161 Å². The molecule has 0 spiro atoms. The van der Waals surface area contributed by atoms with Crippen LogP contribution in [-0.2, 0) is 18.3 Å². The maximum atomic E-state index is 12.4. The summed E-state index contributed by atoms with van der Waals surface area (Å²) in [6, 6.07) is 9.43. The minimum atomic E-state index is -0.0124. The van der Waals surface area contributed by atoms with Crippen molar-refractivity contribution in [3.05, 3.63) is 53.4 Å². The summed E-state index contributed by atoms with van der Waals surface area (Å²) in [6.07, 6.45) is 3.61. The van der Waals surface area contributed by atoms with E-state index in [0.29, 0.717) is 16.5 Å². The molecule has 6 nitrogen and oxygen atoms in total. The molecule has 0 aliphatic rings. The van der Waals surface area contributed by atoms with Gasteiger partial charge < -0.3 is 9.47 Å². The molecule has 0 bridgehead atoms. The Kier molecular flexibility index (Phi) is 4.28. The van der Waals surface area contributed by atoms with Crippen LogP contribution in [-0.4, -0.2) is 44.4 Å². The minimum absolute atomic E-state index is 0.0124. The molecule has 0 aliphatic carbocycles. The number of pyridine rings is 1. The summed E-state index contributed by atoms with van der Waals surface area (Å²) in [6.45, 7) is 0. The molecule has 0 saturated carbocycles. The highest BCUT2D eigenvalue weighted by Crippen LogP contribution is 2.32. The number of likely N-dealkylation sites (N-methyl/N-ethyl adjacent to an activating group) is 1. The number of carbonyl (C=O) groups is 1. The van der Waals surface area contributed by atoms with Crippen molar-refractivity contribution in [1.82, 2.24) is 24.4 Å². The van der Waals surface area contributed by atoms with Gasteiger partial charge in [0.2, 0.25) is 5.91 Å². The lowest BCUT2D eigenvalue weighted by molar-refractivity contribution is -0.127. The molecule has 7 heteroatoms. The van der Waals surface area contributed by atoms with Gasteiger partial charge in [-0.25, -0.2) is 9.97 Å². The molecule has 27 heavy (non-hydrogen) atoms. The van der Waals surface area contributed by atoms with E-state index < -0.39 is 0 Å². The monoisotopic (exact) mass is 379 g/mol. The zero-order chi connectivity index (χ0) is 19.1. The molecule has 1 aromatic carbocycles. The van der Waals surface area contributed by atoms with Gasteiger partial charge in [-0.2, -0.15) is 0 Å². The first-order valence-electron chi connectivity index (χ1n) is 8.51. The van der Waals surface area contributed by atoms with Crippen LogP contribution < -0.4 is 0 Å². The minimum Gasteiger partial charge on any atom is -0.348 e. The Morgan fingerprint density at radius 3 is 2.59 bits per heavy atom. The number of amides is 1. The van der Waals surface area contributed by atoms with Crippen LogP contribution >= 0.6 is 11.6 Å². The zero-order valence-corrected chi connectivity index (χ0v) is 16.0. The van der Waals surface area contributed by atoms with E-state index in [0.717, 1.165) is 27.5 Å². The van der Waals surface area contributed by atoms with E-state index in [1.165, 1.54) is 0 Å². The fourth-order valence-corrected chi connectivity index (χ4v) is 3.35. The normalized spacial score (nSPS) is 11.3. The maximum absolute atomic E-state index is 12.4. The van der Waals surface area contributed by atoms with Crippen LogP contribution in [0.5, 0.6) is 0 Å². The van der Waals surface area contributed by atoms with Gasteiger partial charge in [-0.05, 0) is 24.3 Å². The fourth-order valence-electron chi connectivity index (χ4n) is 3.18. The van der Waals surface area contributed by atoms with Gasteiger partial charge in [0.05, 0.1) is 17.6 Å². The van der Waals surface area contributed by atoms with Crippen LogP contribution in [0.2, 0.25) is 5.02 Å². The second kappa shape index (κ2) is 6.63. The third-order valence-corrected chi connectivity index (χ3v) is 4.86. The highest BCUT2D eigenvalue weighted by atomic mass is 35.5. The molecule has 4 rings (SSSR count). The molecule has 4 aromatic rings. The highest BCUT2D eigenvalue weighted by molar-refractivity contribution is 6.31. The van der Waals surface area contributed by atoms with Gasteiger partial charge in [-0.3, -0.25) is 9.78 Å². The molecule has 0 unspecified atom stereocenters. The molecule has 0 aliphatic heterocycles. The van der Waals surface area contributed by atoms with E-state index in [-0.39, 0.29) is 12.3 Å². The molecule has 3 heterocycles. The largest absolute Gasteiger partial charge is 0.348 e. The lowest BCUT2D eigenvalue weighted by Crippen LogP contribution is -2.24. The summed E-state index contributed by atoms with van der Waals surface area (Å²) in [7, 11) is 5.43. The van der Waals surface area contributed by atoms with Gasteiger partial charge >= 0.3 is 0 Å². The topological polar surface area (TPSA) is 63.9 Å². The molecule has 0 saturated heterocycles. The molecule has 136 valence electrons. The first-order valence-corrected chi connectivity index (χ1v) is 8.88. The number of rotatable bonds is 3. The Morgan fingerprint density at radius 1 is 1.15 bits per heavy atom. The predicted molar refractivity (Wildman–Crippen MR) is 107 cm³/mol. The predicted octanol–water partition coefficient (Wildman–Crippen LogP) is 3.47. The van der Waals surface area contributed by atoms with Crippen molar-refractivity contribution in [2.75, 3.05) is 14.1 Å². The average molecular weight is 380 g/mol. The van der Waals surface area contributed by atoms with Crippen LogP contribution in [0, 0.1) is 0 Å². The first kappa shape index (κ1) is 17.4. The number of hydrogen-bond donors (Lipinski definition) is 0. The van der Waals surface area contributed by atoms with Gasteiger partial charge in [-0.1, -0.05) is 17.7 Å². The third kappa shape index (κ3) is 3.02. The van der Waals surface area contributed by atoms with E-state index in [9.17, 15) is 4.79 Å². The van der Waals surface area contributed by atoms with E-state index in [1.807, 2.05) is 41.9 Å². The molecule has 0 fully saturated rings. The second-order valence-electron chi connectivity index (χ2n) is 6.61. The fraction of sp³-hybridized carbons (Fsp3) is 0.200. The van der Waals surface area contributed by atoms with Crippen molar-refractivity contribution in [2.24, 2.45) is 7.05 Å². The van der Waals surface area contributed by atoms with Gasteiger partial charge in [-0.15, -0.1) is 0 Å². The molecular formula is C20H18ClN5O. The van der Waals surface area contributed by atoms with E-state index >= 15 is 0 Å². The quantitative estimate of drug-likeness (QED) is 0.546. The number of hydrogen-bond acceptors (Lipinski definition) is 4. The van der Waals surface area contributed by atoms with Gasteiger partial charge in [0.15, 0.2) is 5.82 Å². The Morgan fingerprint density at radius 2 is 1.89 bits per heavy atom. The van der Waals surface area contributed by atoms with Crippen LogP contribution in [0.3, 0.4) is 0 Å². The number of nitrogens with zero attached hydrogens (tertiary/aromatic N) is 5. The van der Waals surface area contributed by atoms with Crippen molar-refractivity contribution in [1.29, 1.82) is 0 Å². The van der Waals surface area contributed by atoms with E-state index in [2.05, 4.69) is 4.98 Å². The summed E-state index contributed by atoms with van der Waals surface area (Å²) in [5.74, 6) is 0.560. The third-order valence-electron chi connectivity index (χ3n) is 4.63. The highest BCUT2D eigenvalue weighted by Gasteiger charge is 2.19. The molecule has 3 aromatic heterocycles. The summed E-state index contributed by atoms with van der Waals surface area (Å²) in [5, 5.41) is 2.53. The van der Waals surface area contributed by atoms with E-state index in [4.69, 9.17) is 21.6 Å². The van der Waals surface area contributed by atoms with Gasteiger partial charge in [0, 0.05) is 54.9 Å². The summed E-state index contributed by atoms with van der Waals surface area (Å²) in [5.41, 5.74) is 3.29. The Bertz CT molecular complexity index is 1170. The van der Waals surface area contributed by atoms with Crippen molar-refractivity contribution in [2.45, 2.75) is 6.42 Å². The number of aryl methyl sites for hydroxylation is 1. The zero-order valence-electron chi connectivity index (χ0n) is 15.3. The first-order chi connectivity index (χ1) is 13.0. The van der Waals surface area contributed by atoms with Crippen molar-refractivity contribution in [3.8, 4) is 11.4 Å². The number of aromatic nitrogens is 4. The molecule has 0 N–H and O–H groups in total. The summed E-state index contributed by atoms with van der Waals surface area (Å²) < 4.78 is 1.99. The van der Waals surface area contributed by atoms with Crippen molar-refractivity contribution >= 4 is 39.4 Å². The number of benzene rings is 1. The Hall–Kier alpha value is -2.99. The van der Waals surface area contributed by atoms with Crippen molar-refractivity contribution in [3.63, 3.8) is 0 Å². The van der Waals surface area contributed by atoms with Crippen LogP contribution in [0.4, 0.5) is 0 Å². The standard InChI is InChI=1S/C20H18ClN5O/c1-25(2)17(27)11-15-18-14-5-4-13(21)10-16(14)26(3)20(18)24-19(23-15)12-6-8-22-9-7-12/h4-10H,11H2,1-3H3. The summed E-state index contributed by atoms with van der Waals surface area (Å²) in [4.78, 5) is 27.6. The number of halogens is 1. The van der Waals surface area contributed by atoms with E-state index in [1.54, 1.807) is 31.4 Å². The number of carbonyl (C=O) groups excluding carboxylic acids is 1. The maximum Gasteiger partial charge on any atom is 0.228 e. The van der Waals surface area contributed by atoms with Crippen LogP contribution in [0.25, 0.3) is 33.3 Å². The lowest BCUT2D eigenvalue weighted by Gasteiger charge is -2.11. The molecule has 1 amide bonds. The summed E-state index contributed by atoms with van der Waals surface area (Å²) >= 11 is 6.19. The van der Waals surface area contributed by atoms with Crippen LogP contribution in [0.1, 0.15) is 5.69 Å². The molecule has 0 atom stereocenters. The van der Waals surface area contributed by atoms with Gasteiger partial charge in [0.25, 0.3) is 0 Å². The Balaban J connectivity index is 2.05.